The summed E-state index contributed by atoms with van der Waals surface area (Å²) in [6, 6.07) is 17.5. The first-order chi connectivity index (χ1) is 16.5. The maximum atomic E-state index is 13.6. The van der Waals surface area contributed by atoms with Gasteiger partial charge in [-0.3, -0.25) is 9.59 Å². The highest BCUT2D eigenvalue weighted by Gasteiger charge is 2.44. The largest absolute Gasteiger partial charge is 0.497 e. The second-order valence-electron chi connectivity index (χ2n) is 9.12. The number of para-hydroxylation sites is 1. The summed E-state index contributed by atoms with van der Waals surface area (Å²) >= 11 is 0. The zero-order valence-electron chi connectivity index (χ0n) is 19.9. The summed E-state index contributed by atoms with van der Waals surface area (Å²) in [6.07, 6.45) is 1.92. The molecule has 2 amide bonds. The number of hydrogen-bond donors (Lipinski definition) is 0. The third-order valence-electron chi connectivity index (χ3n) is 7.08. The summed E-state index contributed by atoms with van der Waals surface area (Å²) in [5.74, 6) is 0.911. The summed E-state index contributed by atoms with van der Waals surface area (Å²) in [5.41, 5.74) is 4.43. The van der Waals surface area contributed by atoms with E-state index in [2.05, 4.69) is 12.0 Å². The third-order valence-corrected chi connectivity index (χ3v) is 7.08. The number of hydrogen-bond acceptors (Lipinski definition) is 4. The van der Waals surface area contributed by atoms with Crippen LogP contribution in [-0.2, 0) is 11.2 Å². The molecule has 2 aromatic carbocycles. The number of amides is 2. The maximum absolute atomic E-state index is 13.6. The van der Waals surface area contributed by atoms with E-state index >= 15 is 0 Å². The van der Waals surface area contributed by atoms with Crippen LogP contribution in [0, 0.1) is 6.92 Å². The molecule has 1 saturated heterocycles. The number of carbonyl (C=O) groups is 2. The van der Waals surface area contributed by atoms with Gasteiger partial charge in [0.15, 0.2) is 0 Å². The second-order valence-corrected chi connectivity index (χ2v) is 9.12. The Balaban J connectivity index is 1.28. The van der Waals surface area contributed by atoms with Crippen LogP contribution in [0.15, 0.2) is 54.6 Å². The van der Waals surface area contributed by atoms with Gasteiger partial charge in [0.1, 0.15) is 11.4 Å². The molecular weight excluding hydrogens is 428 g/mol. The Kier molecular flexibility index (Phi) is 5.86. The molecule has 2 aliphatic rings. The van der Waals surface area contributed by atoms with Crippen molar-refractivity contribution >= 4 is 11.8 Å². The fourth-order valence-electron chi connectivity index (χ4n) is 5.38. The van der Waals surface area contributed by atoms with Crippen molar-refractivity contribution in [2.75, 3.05) is 20.2 Å². The lowest BCUT2D eigenvalue weighted by Gasteiger charge is -2.39. The highest BCUT2D eigenvalue weighted by molar-refractivity contribution is 5.98. The van der Waals surface area contributed by atoms with Crippen molar-refractivity contribution in [1.29, 1.82) is 0 Å². The van der Waals surface area contributed by atoms with Gasteiger partial charge in [-0.05, 0) is 56.5 Å². The minimum absolute atomic E-state index is 0.0241. The smallest absolute Gasteiger partial charge is 0.273 e. The van der Waals surface area contributed by atoms with Crippen LogP contribution < -0.4 is 4.74 Å². The van der Waals surface area contributed by atoms with E-state index in [-0.39, 0.29) is 23.9 Å². The van der Waals surface area contributed by atoms with Gasteiger partial charge in [-0.2, -0.15) is 5.10 Å². The molecule has 1 fully saturated rings. The number of ether oxygens (including phenoxy) is 1. The minimum Gasteiger partial charge on any atom is -0.497 e. The van der Waals surface area contributed by atoms with Crippen molar-refractivity contribution < 1.29 is 14.3 Å². The number of carbonyl (C=O) groups excluding carboxylic acids is 2. The lowest BCUT2D eigenvalue weighted by molar-refractivity contribution is -0.131. The van der Waals surface area contributed by atoms with Crippen LogP contribution in [-0.4, -0.2) is 57.6 Å². The molecule has 7 nitrogen and oxygen atoms in total. The molecule has 3 heterocycles. The average molecular weight is 459 g/mol. The van der Waals surface area contributed by atoms with E-state index in [0.717, 1.165) is 41.1 Å². The standard InChI is InChI=1S/C27H30N4O3/c1-18-25-19(2)30(27(33)26(25)31(28-18)22-9-5-4-6-10-22)21-12-14-29(15-13-21)24(32)17-20-8-7-11-23(16-20)34-3/h4-11,16,19,21H,12-15,17H2,1-3H3. The van der Waals surface area contributed by atoms with Crippen molar-refractivity contribution in [3.63, 3.8) is 0 Å². The molecule has 7 heteroatoms. The van der Waals surface area contributed by atoms with Crippen molar-refractivity contribution in [1.82, 2.24) is 19.6 Å². The summed E-state index contributed by atoms with van der Waals surface area (Å²) < 4.78 is 7.06. The molecule has 0 bridgehead atoms. The molecule has 0 spiro atoms. The topological polar surface area (TPSA) is 67.7 Å². The molecule has 0 saturated carbocycles. The fourth-order valence-corrected chi connectivity index (χ4v) is 5.38. The van der Waals surface area contributed by atoms with Crippen molar-refractivity contribution in [2.24, 2.45) is 0 Å². The van der Waals surface area contributed by atoms with Gasteiger partial charge in [-0.25, -0.2) is 4.68 Å². The van der Waals surface area contributed by atoms with E-state index in [1.165, 1.54) is 0 Å². The van der Waals surface area contributed by atoms with Gasteiger partial charge >= 0.3 is 0 Å². The SMILES string of the molecule is COc1cccc(CC(=O)N2CCC(N3C(=O)c4c(c(C)nn4-c4ccccc4)C3C)CC2)c1. The van der Waals surface area contributed by atoms with Gasteiger partial charge < -0.3 is 14.5 Å². The number of rotatable bonds is 5. The van der Waals surface area contributed by atoms with Crippen LogP contribution in [0.2, 0.25) is 0 Å². The Morgan fingerprint density at radius 3 is 2.53 bits per heavy atom. The molecule has 5 rings (SSSR count). The van der Waals surface area contributed by atoms with Gasteiger partial charge in [0.2, 0.25) is 5.91 Å². The van der Waals surface area contributed by atoms with Gasteiger partial charge in [0.05, 0.1) is 31.0 Å². The normalized spacial score (nSPS) is 18.3. The Bertz CT molecular complexity index is 1210. The lowest BCUT2D eigenvalue weighted by atomic mass is 10.0. The van der Waals surface area contributed by atoms with E-state index < -0.39 is 0 Å². The molecule has 3 aromatic rings. The number of benzene rings is 2. The summed E-state index contributed by atoms with van der Waals surface area (Å²) in [4.78, 5) is 30.4. The molecule has 34 heavy (non-hydrogen) atoms. The Morgan fingerprint density at radius 2 is 1.82 bits per heavy atom. The Morgan fingerprint density at radius 1 is 1.09 bits per heavy atom. The monoisotopic (exact) mass is 458 g/mol. The molecular formula is C27H30N4O3. The molecule has 0 N–H and O–H groups in total. The van der Waals surface area contributed by atoms with Crippen LogP contribution in [0.5, 0.6) is 5.75 Å². The predicted molar refractivity (Wildman–Crippen MR) is 129 cm³/mol. The number of likely N-dealkylation sites (tertiary alicyclic amines) is 1. The van der Waals surface area contributed by atoms with E-state index in [1.54, 1.807) is 11.8 Å². The molecule has 0 radical (unpaired) electrons. The molecule has 176 valence electrons. The lowest BCUT2D eigenvalue weighted by Crippen LogP contribution is -2.48. The predicted octanol–water partition coefficient (Wildman–Crippen LogP) is 3.94. The van der Waals surface area contributed by atoms with Crippen LogP contribution in [0.25, 0.3) is 5.69 Å². The number of methoxy groups -OCH3 is 1. The van der Waals surface area contributed by atoms with E-state index in [0.29, 0.717) is 25.2 Å². The van der Waals surface area contributed by atoms with Crippen molar-refractivity contribution in [2.45, 2.75) is 45.2 Å². The molecule has 0 aliphatic carbocycles. The molecule has 1 atom stereocenters. The third kappa shape index (κ3) is 3.85. The van der Waals surface area contributed by atoms with Crippen LogP contribution >= 0.6 is 0 Å². The zero-order valence-corrected chi connectivity index (χ0v) is 19.9. The molecule has 1 aromatic heterocycles. The molecule has 2 aliphatic heterocycles. The highest BCUT2D eigenvalue weighted by atomic mass is 16.5. The minimum atomic E-state index is -0.0241. The fraction of sp³-hybridized carbons (Fsp3) is 0.370. The van der Waals surface area contributed by atoms with Crippen LogP contribution in [0.3, 0.4) is 0 Å². The highest BCUT2D eigenvalue weighted by Crippen LogP contribution is 2.40. The first kappa shape index (κ1) is 22.2. The summed E-state index contributed by atoms with van der Waals surface area (Å²) in [7, 11) is 1.63. The average Bonchev–Trinajstić information content (AvgIpc) is 3.34. The van der Waals surface area contributed by atoms with Crippen molar-refractivity contribution in [3.8, 4) is 11.4 Å². The van der Waals surface area contributed by atoms with Crippen LogP contribution in [0.1, 0.15) is 53.1 Å². The van der Waals surface area contributed by atoms with Crippen LogP contribution in [0.4, 0.5) is 0 Å². The first-order valence-electron chi connectivity index (χ1n) is 11.9. The van der Waals surface area contributed by atoms with Crippen molar-refractivity contribution in [3.05, 3.63) is 77.1 Å². The summed E-state index contributed by atoms with van der Waals surface area (Å²) in [6.45, 7) is 5.38. The maximum Gasteiger partial charge on any atom is 0.273 e. The van der Waals surface area contributed by atoms with Gasteiger partial charge in [0.25, 0.3) is 5.91 Å². The van der Waals surface area contributed by atoms with Gasteiger partial charge in [-0.15, -0.1) is 0 Å². The Labute approximate surface area is 199 Å². The van der Waals surface area contributed by atoms with E-state index in [1.807, 2.05) is 71.3 Å². The number of piperidine rings is 1. The number of aromatic nitrogens is 2. The number of fused-ring (bicyclic) bond motifs is 1. The van der Waals surface area contributed by atoms with E-state index in [9.17, 15) is 9.59 Å². The second kappa shape index (κ2) is 8.97. The first-order valence-corrected chi connectivity index (χ1v) is 11.9. The van der Waals surface area contributed by atoms with Gasteiger partial charge in [-0.1, -0.05) is 30.3 Å². The van der Waals surface area contributed by atoms with Gasteiger partial charge in [0, 0.05) is 24.7 Å². The van der Waals surface area contributed by atoms with E-state index in [4.69, 9.17) is 4.74 Å². The zero-order chi connectivity index (χ0) is 23.8. The number of aryl methyl sites for hydroxylation is 1. The summed E-state index contributed by atoms with van der Waals surface area (Å²) in [5, 5.41) is 4.68. The number of nitrogens with zero attached hydrogens (tertiary/aromatic N) is 4. The molecule has 1 unspecified atom stereocenters. The quantitative estimate of drug-likeness (QED) is 0.581. The Hall–Kier alpha value is -3.61.